The number of aliphatic hydroxyl groups is 3. The Morgan fingerprint density at radius 3 is 2.39 bits per heavy atom. The number of phenolic OH excluding ortho intramolecular Hbond substituents is 1. The first kappa shape index (κ1) is 25.7. The van der Waals surface area contributed by atoms with Crippen LogP contribution < -0.4 is 21.7 Å². The van der Waals surface area contributed by atoms with Gasteiger partial charge in [0.05, 0.1) is 11.1 Å². The number of nitrogens with two attached hydrogens (primary N) is 2. The molecule has 0 spiro atoms. The van der Waals surface area contributed by atoms with Gasteiger partial charge in [-0.25, -0.2) is 0 Å². The summed E-state index contributed by atoms with van der Waals surface area (Å²) in [5.41, 5.74) is 7.98. The van der Waals surface area contributed by atoms with E-state index in [-0.39, 0.29) is 54.2 Å². The number of carbonyl (C=O) groups is 4. The van der Waals surface area contributed by atoms with Crippen molar-refractivity contribution >= 4 is 34.8 Å². The molecule has 4 aliphatic rings. The predicted octanol–water partition coefficient (Wildman–Crippen LogP) is -0.403. The summed E-state index contributed by atoms with van der Waals surface area (Å²) in [6, 6.07) is 1.68. The molecule has 1 aromatic rings. The van der Waals surface area contributed by atoms with Gasteiger partial charge in [0.1, 0.15) is 22.8 Å². The van der Waals surface area contributed by atoms with Crippen LogP contribution in [0.5, 0.6) is 5.75 Å². The maximum absolute atomic E-state index is 13.7. The van der Waals surface area contributed by atoms with Crippen LogP contribution in [0.1, 0.15) is 42.4 Å². The molecule has 1 unspecified atom stereocenters. The molecule has 0 bridgehead atoms. The number of fused-ring (bicyclic) bond motifs is 3. The lowest BCUT2D eigenvalue weighted by atomic mass is 9.59. The minimum absolute atomic E-state index is 0.0264. The van der Waals surface area contributed by atoms with Crippen LogP contribution in [0, 0.1) is 11.8 Å². The van der Waals surface area contributed by atoms with E-state index in [0.29, 0.717) is 24.1 Å². The highest BCUT2D eigenvalue weighted by Crippen LogP contribution is 2.53. The lowest BCUT2D eigenvalue weighted by Gasteiger charge is -2.46. The van der Waals surface area contributed by atoms with Gasteiger partial charge < -0.3 is 42.1 Å². The minimum Gasteiger partial charge on any atom is -0.508 e. The van der Waals surface area contributed by atoms with Gasteiger partial charge in [-0.15, -0.1) is 0 Å². The van der Waals surface area contributed by atoms with E-state index in [1.807, 2.05) is 0 Å². The third-order valence-electron chi connectivity index (χ3n) is 8.28. The van der Waals surface area contributed by atoms with Crippen LogP contribution in [0.15, 0.2) is 23.0 Å². The highest BCUT2D eigenvalue weighted by atomic mass is 16.3. The Labute approximate surface area is 217 Å². The number of hydrogen-bond donors (Lipinski definition) is 7. The molecule has 2 amide bonds. The molecule has 5 rings (SSSR count). The van der Waals surface area contributed by atoms with Crippen LogP contribution in [0.3, 0.4) is 0 Å². The summed E-state index contributed by atoms with van der Waals surface area (Å²) in [5.74, 6) is -7.18. The van der Waals surface area contributed by atoms with Gasteiger partial charge in [-0.05, 0) is 43.2 Å². The van der Waals surface area contributed by atoms with Gasteiger partial charge >= 0.3 is 0 Å². The van der Waals surface area contributed by atoms with Gasteiger partial charge in [0.2, 0.25) is 11.7 Å². The zero-order valence-electron chi connectivity index (χ0n) is 21.0. The molecule has 12 nitrogen and oxygen atoms in total. The molecule has 0 saturated heterocycles. The van der Waals surface area contributed by atoms with Crippen LogP contribution in [-0.2, 0) is 32.1 Å². The van der Waals surface area contributed by atoms with E-state index in [2.05, 4.69) is 5.32 Å². The molecule has 0 heterocycles. The molecule has 1 aromatic carbocycles. The third kappa shape index (κ3) is 3.51. The van der Waals surface area contributed by atoms with Gasteiger partial charge in [0, 0.05) is 49.8 Å². The van der Waals surface area contributed by atoms with E-state index in [0.717, 1.165) is 0 Å². The summed E-state index contributed by atoms with van der Waals surface area (Å²) in [7, 11) is 3.53. The second-order valence-electron chi connectivity index (χ2n) is 10.9. The van der Waals surface area contributed by atoms with Crippen molar-refractivity contribution in [3.05, 3.63) is 39.7 Å². The van der Waals surface area contributed by atoms with Crippen LogP contribution in [0.2, 0.25) is 0 Å². The van der Waals surface area contributed by atoms with Gasteiger partial charge in [0.15, 0.2) is 11.4 Å². The number of carbonyl (C=O) groups excluding carboxylic acids is 4. The number of anilines is 1. The minimum atomic E-state index is -2.62. The van der Waals surface area contributed by atoms with Crippen molar-refractivity contribution in [1.82, 2.24) is 5.32 Å². The van der Waals surface area contributed by atoms with Gasteiger partial charge in [-0.2, -0.15) is 0 Å². The van der Waals surface area contributed by atoms with Crippen molar-refractivity contribution in [3.8, 4) is 5.75 Å². The standard InChI is InChI=1S/C26H30N4O8/c1-30(2)14-7-11(9-29-24(37)25(28)3-4-25)19(32)17-13(14)6-10-5-12-8-15(31)18(23(27)36)22(35)26(12,38)21(34)16(10)20(17)33/h7,10,12,32-33,35,38H,3-6,8-9,28H2,1-2H3,(H2,27,36)(H,29,37)/t10?,12-,26-/m0/s1. The topological polar surface area (TPSA) is 217 Å². The molecule has 12 heteroatoms. The second-order valence-corrected chi connectivity index (χ2v) is 10.9. The molecule has 202 valence electrons. The van der Waals surface area contributed by atoms with Crippen LogP contribution in [-0.4, -0.2) is 69.0 Å². The number of hydrogen-bond acceptors (Lipinski definition) is 10. The average Bonchev–Trinajstić information content (AvgIpc) is 3.58. The van der Waals surface area contributed by atoms with Gasteiger partial charge in [-0.3, -0.25) is 19.2 Å². The maximum Gasteiger partial charge on any atom is 0.255 e. The van der Waals surface area contributed by atoms with E-state index in [4.69, 9.17) is 11.5 Å². The Balaban J connectivity index is 1.63. The molecule has 2 fully saturated rings. The number of nitrogens with one attached hydrogen (secondary N) is 1. The van der Waals surface area contributed by atoms with E-state index < -0.39 is 57.5 Å². The number of benzene rings is 1. The average molecular weight is 527 g/mol. The van der Waals surface area contributed by atoms with E-state index in [1.54, 1.807) is 25.1 Å². The van der Waals surface area contributed by atoms with E-state index in [9.17, 15) is 39.6 Å². The molecule has 2 saturated carbocycles. The summed E-state index contributed by atoms with van der Waals surface area (Å²) >= 11 is 0. The summed E-state index contributed by atoms with van der Waals surface area (Å²) in [4.78, 5) is 52.1. The smallest absolute Gasteiger partial charge is 0.255 e. The quantitative estimate of drug-likeness (QED) is 0.246. The Hall–Kier alpha value is -3.90. The summed E-state index contributed by atoms with van der Waals surface area (Å²) < 4.78 is 0. The number of amides is 2. The summed E-state index contributed by atoms with van der Waals surface area (Å²) in [6.45, 7) is -0.0860. The van der Waals surface area contributed by atoms with Crippen molar-refractivity contribution in [1.29, 1.82) is 0 Å². The fourth-order valence-corrected chi connectivity index (χ4v) is 5.97. The van der Waals surface area contributed by atoms with Crippen LogP contribution in [0.25, 0.3) is 5.76 Å². The first-order valence-electron chi connectivity index (χ1n) is 12.3. The van der Waals surface area contributed by atoms with Crippen molar-refractivity contribution < 1.29 is 39.6 Å². The molecule has 9 N–H and O–H groups in total. The number of nitrogens with zero attached hydrogens (tertiary/aromatic N) is 1. The Kier molecular flexibility index (Phi) is 5.62. The summed E-state index contributed by atoms with van der Waals surface area (Å²) in [6.07, 6.45) is 0.973. The predicted molar refractivity (Wildman–Crippen MR) is 134 cm³/mol. The normalized spacial score (nSPS) is 27.4. The molecular weight excluding hydrogens is 496 g/mol. The number of Topliss-reactive ketones (excluding diaryl/α,β-unsaturated/α-hetero) is 2. The number of aliphatic hydroxyl groups excluding tert-OH is 2. The number of primary amides is 1. The van der Waals surface area contributed by atoms with E-state index in [1.165, 1.54) is 0 Å². The molecular formula is C26H30N4O8. The maximum atomic E-state index is 13.7. The molecule has 0 aromatic heterocycles. The molecule has 38 heavy (non-hydrogen) atoms. The largest absolute Gasteiger partial charge is 0.508 e. The number of ketones is 2. The number of phenols is 1. The molecule has 4 aliphatic carbocycles. The number of rotatable bonds is 5. The first-order chi connectivity index (χ1) is 17.7. The summed E-state index contributed by atoms with van der Waals surface area (Å²) in [5, 5.41) is 47.3. The van der Waals surface area contributed by atoms with Gasteiger partial charge in [-0.1, -0.05) is 0 Å². The Morgan fingerprint density at radius 1 is 1.16 bits per heavy atom. The van der Waals surface area contributed by atoms with Gasteiger partial charge in [0.25, 0.3) is 5.91 Å². The molecule has 0 radical (unpaired) electrons. The highest BCUT2D eigenvalue weighted by Gasteiger charge is 2.60. The van der Waals surface area contributed by atoms with Crippen molar-refractivity contribution in [2.24, 2.45) is 23.3 Å². The third-order valence-corrected chi connectivity index (χ3v) is 8.28. The lowest BCUT2D eigenvalue weighted by molar-refractivity contribution is -0.147. The fourth-order valence-electron chi connectivity index (χ4n) is 5.97. The lowest BCUT2D eigenvalue weighted by Crippen LogP contribution is -2.58. The fraction of sp³-hybridized carbons (Fsp3) is 0.462. The SMILES string of the molecule is CN(C)c1cc(CNC(=O)C2(N)CC2)c(O)c2c1CC1C[C@H]3CC(=O)C(C(N)=O)=C(O)[C@@]3(O)C(=O)C1=C2O. The molecule has 0 aliphatic heterocycles. The number of aromatic hydroxyl groups is 1. The highest BCUT2D eigenvalue weighted by molar-refractivity contribution is 6.22. The van der Waals surface area contributed by atoms with E-state index >= 15 is 0 Å². The monoisotopic (exact) mass is 526 g/mol. The Morgan fingerprint density at radius 2 is 1.82 bits per heavy atom. The van der Waals surface area contributed by atoms with Crippen LogP contribution in [0.4, 0.5) is 5.69 Å². The van der Waals surface area contributed by atoms with Crippen molar-refractivity contribution in [3.63, 3.8) is 0 Å². The van der Waals surface area contributed by atoms with Crippen LogP contribution >= 0.6 is 0 Å². The first-order valence-corrected chi connectivity index (χ1v) is 12.3. The molecule has 3 atom stereocenters. The second kappa shape index (κ2) is 8.30. The zero-order chi connectivity index (χ0) is 27.9. The van der Waals surface area contributed by atoms with Crippen molar-refractivity contribution in [2.75, 3.05) is 19.0 Å². The Bertz CT molecular complexity index is 1390. The zero-order valence-corrected chi connectivity index (χ0v) is 21.0. The van der Waals surface area contributed by atoms with Crippen molar-refractivity contribution in [2.45, 2.75) is 49.8 Å².